The van der Waals surface area contributed by atoms with Gasteiger partial charge in [0.1, 0.15) is 0 Å². The minimum Gasteiger partial charge on any atom is -0.351 e. The molecule has 2 rings (SSSR count). The van der Waals surface area contributed by atoms with Crippen LogP contribution in [0.25, 0.3) is 0 Å². The third-order valence-electron chi connectivity index (χ3n) is 4.51. The third kappa shape index (κ3) is 3.27. The molecule has 104 valence electrons. The van der Waals surface area contributed by atoms with Crippen molar-refractivity contribution in [1.82, 2.24) is 5.32 Å². The number of hydrogen-bond donors (Lipinski definition) is 1. The number of amides is 1. The van der Waals surface area contributed by atoms with Gasteiger partial charge in [0.2, 0.25) is 5.91 Å². The van der Waals surface area contributed by atoms with Crippen molar-refractivity contribution in [2.24, 2.45) is 23.2 Å². The molecule has 0 aromatic rings. The van der Waals surface area contributed by atoms with Gasteiger partial charge < -0.3 is 5.32 Å². The van der Waals surface area contributed by atoms with E-state index in [1.807, 2.05) is 0 Å². The quantitative estimate of drug-likeness (QED) is 0.813. The Hall–Kier alpha value is -0.530. The van der Waals surface area contributed by atoms with Gasteiger partial charge in [0.25, 0.3) is 0 Å². The van der Waals surface area contributed by atoms with Crippen LogP contribution in [0.2, 0.25) is 0 Å². The molecule has 1 amide bonds. The van der Waals surface area contributed by atoms with E-state index >= 15 is 0 Å². The number of carbonyl (C=O) groups excluding carboxylic acids is 1. The van der Waals surface area contributed by atoms with Crippen LogP contribution in [-0.2, 0) is 4.79 Å². The Morgan fingerprint density at radius 3 is 2.22 bits per heavy atom. The zero-order valence-electron chi connectivity index (χ0n) is 12.7. The predicted molar refractivity (Wildman–Crippen MR) is 75.2 cm³/mol. The lowest BCUT2D eigenvalue weighted by Gasteiger charge is -2.35. The summed E-state index contributed by atoms with van der Waals surface area (Å²) in [5.74, 6) is 2.15. The fourth-order valence-corrected chi connectivity index (χ4v) is 4.36. The van der Waals surface area contributed by atoms with E-state index in [4.69, 9.17) is 0 Å². The highest BCUT2D eigenvalue weighted by atomic mass is 16.2. The Labute approximate surface area is 112 Å². The first-order chi connectivity index (χ1) is 8.16. The van der Waals surface area contributed by atoms with E-state index in [0.29, 0.717) is 17.7 Å². The van der Waals surface area contributed by atoms with Crippen molar-refractivity contribution in [2.45, 2.75) is 72.3 Å². The summed E-state index contributed by atoms with van der Waals surface area (Å²) in [6.07, 6.45) is 6.11. The first kappa shape index (κ1) is 13.9. The number of hydrogen-bond acceptors (Lipinski definition) is 1. The Morgan fingerprint density at radius 2 is 1.78 bits per heavy atom. The van der Waals surface area contributed by atoms with Gasteiger partial charge >= 0.3 is 0 Å². The molecule has 0 spiro atoms. The molecule has 2 fully saturated rings. The van der Waals surface area contributed by atoms with Crippen molar-refractivity contribution in [3.05, 3.63) is 0 Å². The van der Waals surface area contributed by atoms with E-state index in [1.165, 1.54) is 19.3 Å². The Kier molecular flexibility index (Phi) is 3.50. The van der Waals surface area contributed by atoms with Crippen molar-refractivity contribution in [1.29, 1.82) is 0 Å². The second kappa shape index (κ2) is 4.54. The minimum absolute atomic E-state index is 0.0861. The van der Waals surface area contributed by atoms with E-state index in [1.54, 1.807) is 0 Å². The molecule has 2 bridgehead atoms. The fourth-order valence-electron chi connectivity index (χ4n) is 4.36. The Balaban J connectivity index is 1.91. The highest BCUT2D eigenvalue weighted by molar-refractivity contribution is 5.80. The zero-order valence-corrected chi connectivity index (χ0v) is 12.7. The van der Waals surface area contributed by atoms with Gasteiger partial charge in [-0.05, 0) is 56.8 Å². The lowest BCUT2D eigenvalue weighted by Crippen LogP contribution is -2.48. The summed E-state index contributed by atoms with van der Waals surface area (Å²) in [5.41, 5.74) is 0.169. The zero-order chi connectivity index (χ0) is 13.6. The highest BCUT2D eigenvalue weighted by Crippen LogP contribution is 2.48. The maximum atomic E-state index is 12.4. The molecule has 2 nitrogen and oxygen atoms in total. The lowest BCUT2D eigenvalue weighted by atomic mass is 9.81. The van der Waals surface area contributed by atoms with Crippen molar-refractivity contribution in [3.8, 4) is 0 Å². The molecule has 0 heterocycles. The number of fused-ring (bicyclic) bond motifs is 2. The number of rotatable bonds is 3. The summed E-state index contributed by atoms with van der Waals surface area (Å²) < 4.78 is 0. The minimum atomic E-state index is -0.0861. The normalized spacial score (nSPS) is 31.7. The maximum Gasteiger partial charge on any atom is 0.223 e. The van der Waals surface area contributed by atoms with Crippen LogP contribution < -0.4 is 5.32 Å². The van der Waals surface area contributed by atoms with Gasteiger partial charge in [-0.3, -0.25) is 4.79 Å². The first-order valence-corrected chi connectivity index (χ1v) is 7.48. The molecule has 3 unspecified atom stereocenters. The smallest absolute Gasteiger partial charge is 0.223 e. The van der Waals surface area contributed by atoms with Gasteiger partial charge in [-0.15, -0.1) is 0 Å². The van der Waals surface area contributed by atoms with Crippen LogP contribution in [-0.4, -0.2) is 11.4 Å². The summed E-state index contributed by atoms with van der Waals surface area (Å²) in [5, 5.41) is 3.30. The molecule has 2 heteroatoms. The van der Waals surface area contributed by atoms with Crippen molar-refractivity contribution >= 4 is 5.91 Å². The average molecular weight is 251 g/mol. The van der Waals surface area contributed by atoms with Crippen LogP contribution in [0.15, 0.2) is 0 Å². The lowest BCUT2D eigenvalue weighted by molar-refractivity contribution is -0.128. The van der Waals surface area contributed by atoms with Crippen molar-refractivity contribution < 1.29 is 4.79 Å². The summed E-state index contributed by atoms with van der Waals surface area (Å²) in [7, 11) is 0. The van der Waals surface area contributed by atoms with Gasteiger partial charge in [0.15, 0.2) is 0 Å². The molecule has 2 saturated carbocycles. The summed E-state index contributed by atoms with van der Waals surface area (Å²) in [4.78, 5) is 12.4. The molecular weight excluding hydrogens is 222 g/mol. The molecule has 0 aliphatic heterocycles. The van der Waals surface area contributed by atoms with Crippen molar-refractivity contribution in [3.63, 3.8) is 0 Å². The average Bonchev–Trinajstić information content (AvgIpc) is 2.72. The Morgan fingerprint density at radius 1 is 1.11 bits per heavy atom. The topological polar surface area (TPSA) is 29.1 Å². The number of carbonyl (C=O) groups is 1. The Bertz CT molecular complexity index is 326. The molecule has 0 aromatic heterocycles. The molecule has 2 aliphatic carbocycles. The van der Waals surface area contributed by atoms with E-state index in [0.717, 1.165) is 18.8 Å². The molecule has 1 N–H and O–H groups in total. The SMILES string of the molecule is CC(C)(C)CC(C)(C)NC(=O)C1CC2CCC1C2. The van der Waals surface area contributed by atoms with Crippen LogP contribution >= 0.6 is 0 Å². The first-order valence-electron chi connectivity index (χ1n) is 7.48. The monoisotopic (exact) mass is 251 g/mol. The standard InChI is InChI=1S/C16H29NO/c1-15(2,3)10-16(4,5)17-14(18)13-9-11-6-7-12(13)8-11/h11-13H,6-10H2,1-5H3,(H,17,18). The van der Waals surface area contributed by atoms with Crippen LogP contribution in [0.5, 0.6) is 0 Å². The highest BCUT2D eigenvalue weighted by Gasteiger charge is 2.44. The fraction of sp³-hybridized carbons (Fsp3) is 0.938. The van der Waals surface area contributed by atoms with Gasteiger partial charge in [-0.2, -0.15) is 0 Å². The molecule has 0 radical (unpaired) electrons. The predicted octanol–water partition coefficient (Wildman–Crippen LogP) is 3.75. The second-order valence-electron chi connectivity index (χ2n) is 8.39. The van der Waals surface area contributed by atoms with E-state index in [2.05, 4.69) is 39.9 Å². The van der Waals surface area contributed by atoms with E-state index in [-0.39, 0.29) is 11.0 Å². The van der Waals surface area contributed by atoms with Crippen LogP contribution in [0.3, 0.4) is 0 Å². The number of nitrogens with one attached hydrogen (secondary N) is 1. The summed E-state index contributed by atoms with van der Waals surface area (Å²) in [6, 6.07) is 0. The van der Waals surface area contributed by atoms with Crippen LogP contribution in [0, 0.1) is 23.2 Å². The third-order valence-corrected chi connectivity index (χ3v) is 4.51. The van der Waals surface area contributed by atoms with Crippen LogP contribution in [0.4, 0.5) is 0 Å². The van der Waals surface area contributed by atoms with Gasteiger partial charge in [-0.25, -0.2) is 0 Å². The molecule has 2 aliphatic rings. The van der Waals surface area contributed by atoms with Gasteiger partial charge in [0, 0.05) is 11.5 Å². The second-order valence-corrected chi connectivity index (χ2v) is 8.39. The molecule has 0 saturated heterocycles. The molecule has 18 heavy (non-hydrogen) atoms. The van der Waals surface area contributed by atoms with Crippen LogP contribution in [0.1, 0.15) is 66.7 Å². The van der Waals surface area contributed by atoms with E-state index < -0.39 is 0 Å². The van der Waals surface area contributed by atoms with E-state index in [9.17, 15) is 4.79 Å². The van der Waals surface area contributed by atoms with Crippen molar-refractivity contribution in [2.75, 3.05) is 0 Å². The maximum absolute atomic E-state index is 12.4. The summed E-state index contributed by atoms with van der Waals surface area (Å²) >= 11 is 0. The largest absolute Gasteiger partial charge is 0.351 e. The summed E-state index contributed by atoms with van der Waals surface area (Å²) in [6.45, 7) is 11.0. The molecule has 0 aromatic carbocycles. The molecular formula is C16H29NO. The van der Waals surface area contributed by atoms with Gasteiger partial charge in [0.05, 0.1) is 0 Å². The molecule has 3 atom stereocenters. The van der Waals surface area contributed by atoms with Gasteiger partial charge in [-0.1, -0.05) is 27.2 Å².